The molecule has 1 fully saturated rings. The van der Waals surface area contributed by atoms with Crippen LogP contribution in [0.5, 0.6) is 5.75 Å². The van der Waals surface area contributed by atoms with Gasteiger partial charge in [0, 0.05) is 10.7 Å². The fraction of sp³-hybridized carbons (Fsp3) is 0.625. The molecule has 1 saturated carbocycles. The Morgan fingerprint density at radius 1 is 1.24 bits per heavy atom. The van der Waals surface area contributed by atoms with Crippen LogP contribution in [0.4, 0.5) is 0 Å². The second-order valence-electron chi connectivity index (χ2n) is 6.00. The van der Waals surface area contributed by atoms with Gasteiger partial charge in [-0.1, -0.05) is 19.8 Å². The normalized spacial score (nSPS) is 23.0. The Morgan fingerprint density at radius 3 is 2.57 bits per heavy atom. The largest absolute Gasteiger partial charge is 0.490 e. The van der Waals surface area contributed by atoms with Crippen LogP contribution in [-0.2, 0) is 9.05 Å². The summed E-state index contributed by atoms with van der Waals surface area (Å²) in [5, 5.41) is 0. The van der Waals surface area contributed by atoms with E-state index in [0.29, 0.717) is 5.56 Å². The first-order chi connectivity index (χ1) is 9.81. The Balaban J connectivity index is 2.20. The van der Waals surface area contributed by atoms with Crippen molar-refractivity contribution in [2.45, 2.75) is 63.9 Å². The number of halogens is 1. The maximum absolute atomic E-state index is 11.5. The molecule has 2 rings (SSSR count). The van der Waals surface area contributed by atoms with Crippen molar-refractivity contribution in [3.63, 3.8) is 0 Å². The Hall–Kier alpha value is -0.740. The topological polar surface area (TPSA) is 43.4 Å². The molecule has 2 atom stereocenters. The molecule has 3 nitrogen and oxygen atoms in total. The summed E-state index contributed by atoms with van der Waals surface area (Å²) in [5.41, 5.74) is 1.45. The second kappa shape index (κ2) is 6.57. The molecular formula is C16H23ClO3S. The van der Waals surface area contributed by atoms with Gasteiger partial charge in [-0.3, -0.25) is 0 Å². The second-order valence-corrected chi connectivity index (χ2v) is 8.54. The SMILES string of the molecule is CCC1CCCC(Oc2cc(C)c(S(=O)(=O)Cl)cc2C)C1. The summed E-state index contributed by atoms with van der Waals surface area (Å²) in [6.07, 6.45) is 6.09. The van der Waals surface area contributed by atoms with E-state index in [0.717, 1.165) is 30.1 Å². The molecular weight excluding hydrogens is 308 g/mol. The standard InChI is InChI=1S/C16H23ClO3S/c1-4-13-6-5-7-14(10-13)20-15-8-12(3)16(9-11(15)2)21(17,18)19/h8-9,13-14H,4-7,10H2,1-3H3. The number of hydrogen-bond donors (Lipinski definition) is 0. The first-order valence-corrected chi connectivity index (χ1v) is 9.84. The molecule has 0 spiro atoms. The zero-order valence-electron chi connectivity index (χ0n) is 12.9. The highest BCUT2D eigenvalue weighted by atomic mass is 35.7. The summed E-state index contributed by atoms with van der Waals surface area (Å²) in [6.45, 7) is 5.83. The predicted octanol–water partition coefficient (Wildman–Crippen LogP) is 4.58. The Labute approximate surface area is 132 Å². The highest BCUT2D eigenvalue weighted by Crippen LogP contribution is 2.33. The molecule has 0 bridgehead atoms. The van der Waals surface area contributed by atoms with Crippen LogP contribution in [0.3, 0.4) is 0 Å². The van der Waals surface area contributed by atoms with Crippen molar-refractivity contribution >= 4 is 19.7 Å². The smallest absolute Gasteiger partial charge is 0.261 e. The minimum Gasteiger partial charge on any atom is -0.490 e. The minimum atomic E-state index is -3.70. The van der Waals surface area contributed by atoms with E-state index in [4.69, 9.17) is 15.4 Å². The lowest BCUT2D eigenvalue weighted by molar-refractivity contribution is 0.121. The molecule has 1 aliphatic carbocycles. The van der Waals surface area contributed by atoms with E-state index < -0.39 is 9.05 Å². The number of hydrogen-bond acceptors (Lipinski definition) is 3. The van der Waals surface area contributed by atoms with Gasteiger partial charge in [-0.15, -0.1) is 0 Å². The van der Waals surface area contributed by atoms with Crippen molar-refractivity contribution in [2.24, 2.45) is 5.92 Å². The van der Waals surface area contributed by atoms with E-state index in [2.05, 4.69) is 6.92 Å². The molecule has 5 heteroatoms. The van der Waals surface area contributed by atoms with Crippen molar-refractivity contribution in [1.29, 1.82) is 0 Å². The van der Waals surface area contributed by atoms with Gasteiger partial charge in [-0.25, -0.2) is 8.42 Å². The van der Waals surface area contributed by atoms with Gasteiger partial charge in [0.25, 0.3) is 9.05 Å². The molecule has 1 aromatic carbocycles. The third kappa shape index (κ3) is 4.13. The highest BCUT2D eigenvalue weighted by Gasteiger charge is 2.23. The fourth-order valence-electron chi connectivity index (χ4n) is 3.05. The molecule has 0 saturated heterocycles. The monoisotopic (exact) mass is 330 g/mol. The zero-order chi connectivity index (χ0) is 15.6. The Kier molecular flexibility index (Phi) is 5.20. The third-order valence-corrected chi connectivity index (χ3v) is 5.80. The lowest BCUT2D eigenvalue weighted by Crippen LogP contribution is -2.25. The van der Waals surface area contributed by atoms with E-state index in [1.165, 1.54) is 19.3 Å². The van der Waals surface area contributed by atoms with Crippen LogP contribution in [0.1, 0.15) is 50.2 Å². The summed E-state index contributed by atoms with van der Waals surface area (Å²) >= 11 is 0. The molecule has 2 unspecified atom stereocenters. The third-order valence-electron chi connectivity index (χ3n) is 4.34. The van der Waals surface area contributed by atoms with Crippen LogP contribution < -0.4 is 4.74 Å². The molecule has 21 heavy (non-hydrogen) atoms. The van der Waals surface area contributed by atoms with Gasteiger partial charge in [0.15, 0.2) is 0 Å². The Morgan fingerprint density at radius 2 is 1.95 bits per heavy atom. The van der Waals surface area contributed by atoms with Crippen molar-refractivity contribution < 1.29 is 13.2 Å². The van der Waals surface area contributed by atoms with Gasteiger partial charge in [-0.2, -0.15) is 0 Å². The molecule has 0 radical (unpaired) electrons. The molecule has 0 amide bonds. The summed E-state index contributed by atoms with van der Waals surface area (Å²) in [6, 6.07) is 3.40. The van der Waals surface area contributed by atoms with Crippen LogP contribution >= 0.6 is 10.7 Å². The Bertz CT molecular complexity index is 610. The van der Waals surface area contributed by atoms with Crippen molar-refractivity contribution in [3.8, 4) is 5.75 Å². The molecule has 118 valence electrons. The lowest BCUT2D eigenvalue weighted by Gasteiger charge is -2.29. The number of aryl methyl sites for hydroxylation is 2. The van der Waals surface area contributed by atoms with Crippen molar-refractivity contribution in [1.82, 2.24) is 0 Å². The molecule has 0 N–H and O–H groups in total. The number of rotatable bonds is 4. The van der Waals surface area contributed by atoms with E-state index in [-0.39, 0.29) is 11.0 Å². The summed E-state index contributed by atoms with van der Waals surface area (Å²) in [4.78, 5) is 0.170. The molecule has 0 aromatic heterocycles. The van der Waals surface area contributed by atoms with Gasteiger partial charge in [0.2, 0.25) is 0 Å². The zero-order valence-corrected chi connectivity index (χ0v) is 14.4. The van der Waals surface area contributed by atoms with Gasteiger partial charge >= 0.3 is 0 Å². The van der Waals surface area contributed by atoms with E-state index >= 15 is 0 Å². The molecule has 1 aliphatic rings. The maximum Gasteiger partial charge on any atom is 0.261 e. The van der Waals surface area contributed by atoms with Gasteiger partial charge in [0.05, 0.1) is 11.0 Å². The lowest BCUT2D eigenvalue weighted by atomic mass is 9.85. The van der Waals surface area contributed by atoms with E-state index in [1.54, 1.807) is 19.1 Å². The van der Waals surface area contributed by atoms with Crippen LogP contribution in [-0.4, -0.2) is 14.5 Å². The quantitative estimate of drug-likeness (QED) is 0.759. The average Bonchev–Trinajstić information content (AvgIpc) is 2.41. The first kappa shape index (κ1) is 16.6. The number of ether oxygens (including phenoxy) is 1. The van der Waals surface area contributed by atoms with Crippen LogP contribution in [0.15, 0.2) is 17.0 Å². The molecule has 0 heterocycles. The van der Waals surface area contributed by atoms with E-state index in [9.17, 15) is 8.42 Å². The van der Waals surface area contributed by atoms with Gasteiger partial charge in [-0.05, 0) is 62.3 Å². The predicted molar refractivity (Wildman–Crippen MR) is 85.6 cm³/mol. The maximum atomic E-state index is 11.5. The summed E-state index contributed by atoms with van der Waals surface area (Å²) in [7, 11) is 1.75. The van der Waals surface area contributed by atoms with Crippen molar-refractivity contribution in [2.75, 3.05) is 0 Å². The highest BCUT2D eigenvalue weighted by molar-refractivity contribution is 8.13. The minimum absolute atomic E-state index is 0.170. The van der Waals surface area contributed by atoms with Crippen LogP contribution in [0.2, 0.25) is 0 Å². The van der Waals surface area contributed by atoms with Crippen molar-refractivity contribution in [3.05, 3.63) is 23.3 Å². The fourth-order valence-corrected chi connectivity index (χ4v) is 4.31. The first-order valence-electron chi connectivity index (χ1n) is 7.53. The number of benzene rings is 1. The molecule has 0 aliphatic heterocycles. The van der Waals surface area contributed by atoms with E-state index in [1.807, 2.05) is 6.92 Å². The van der Waals surface area contributed by atoms with Gasteiger partial charge in [0.1, 0.15) is 5.75 Å². The van der Waals surface area contributed by atoms with Gasteiger partial charge < -0.3 is 4.74 Å². The van der Waals surface area contributed by atoms with Crippen LogP contribution in [0.25, 0.3) is 0 Å². The molecule has 1 aromatic rings. The summed E-state index contributed by atoms with van der Waals surface area (Å²) in [5.74, 6) is 1.52. The summed E-state index contributed by atoms with van der Waals surface area (Å²) < 4.78 is 29.2. The van der Waals surface area contributed by atoms with Crippen LogP contribution in [0, 0.1) is 19.8 Å². The average molecular weight is 331 g/mol.